The monoisotopic (exact) mass is 332 g/mol. The number of piperazine rings is 1. The van der Waals surface area contributed by atoms with Gasteiger partial charge < -0.3 is 14.8 Å². The fraction of sp³-hybridized carbons (Fsp3) is 0.286. The van der Waals surface area contributed by atoms with Gasteiger partial charge >= 0.3 is 0 Å². The Hall–Kier alpha value is -2.59. The number of H-pyrrole nitrogens is 1. The van der Waals surface area contributed by atoms with E-state index in [1.54, 1.807) is 0 Å². The van der Waals surface area contributed by atoms with Crippen LogP contribution in [0.2, 0.25) is 0 Å². The van der Waals surface area contributed by atoms with Crippen molar-refractivity contribution in [2.45, 2.75) is 6.92 Å². The smallest absolute Gasteiger partial charge is 0.0631 e. The summed E-state index contributed by atoms with van der Waals surface area (Å²) >= 11 is 0. The second-order valence-corrected chi connectivity index (χ2v) is 6.49. The Morgan fingerprint density at radius 1 is 1.00 bits per heavy atom. The molecule has 0 radical (unpaired) electrons. The van der Waals surface area contributed by atoms with Gasteiger partial charge in [0.05, 0.1) is 5.69 Å². The van der Waals surface area contributed by atoms with Crippen LogP contribution in [0.1, 0.15) is 12.5 Å². The number of aromatic amines is 1. The maximum Gasteiger partial charge on any atom is 0.0631 e. The molecule has 128 valence electrons. The van der Waals surface area contributed by atoms with Crippen molar-refractivity contribution in [3.63, 3.8) is 0 Å². The lowest BCUT2D eigenvalue weighted by atomic mass is 10.2. The minimum Gasteiger partial charge on any atom is -0.369 e. The van der Waals surface area contributed by atoms with E-state index in [0.29, 0.717) is 0 Å². The highest BCUT2D eigenvalue weighted by Gasteiger charge is 2.15. The van der Waals surface area contributed by atoms with E-state index < -0.39 is 0 Å². The molecule has 2 heterocycles. The first kappa shape index (κ1) is 15.9. The molecule has 1 saturated heterocycles. The molecule has 4 heteroatoms. The van der Waals surface area contributed by atoms with Crippen LogP contribution >= 0.6 is 0 Å². The molecule has 1 aliphatic heterocycles. The molecular weight excluding hydrogens is 308 g/mol. The highest BCUT2D eigenvalue weighted by molar-refractivity contribution is 5.99. The number of anilines is 1. The maximum atomic E-state index is 4.64. The molecule has 0 spiro atoms. The van der Waals surface area contributed by atoms with Gasteiger partial charge in [0.15, 0.2) is 0 Å². The van der Waals surface area contributed by atoms with Gasteiger partial charge in [-0.05, 0) is 36.9 Å². The third kappa shape index (κ3) is 3.44. The molecule has 25 heavy (non-hydrogen) atoms. The summed E-state index contributed by atoms with van der Waals surface area (Å²) in [5.74, 6) is 0. The molecule has 1 aliphatic rings. The Morgan fingerprint density at radius 3 is 2.52 bits per heavy atom. The third-order valence-electron chi connectivity index (χ3n) is 5.01. The lowest BCUT2D eigenvalue weighted by molar-refractivity contribution is 0.271. The van der Waals surface area contributed by atoms with E-state index in [9.17, 15) is 0 Å². The second kappa shape index (κ2) is 7.11. The van der Waals surface area contributed by atoms with Gasteiger partial charge in [0.2, 0.25) is 0 Å². The molecule has 1 N–H and O–H groups in total. The summed E-state index contributed by atoms with van der Waals surface area (Å²) in [5, 5.41) is 1.21. The summed E-state index contributed by atoms with van der Waals surface area (Å²) in [7, 11) is 0. The molecule has 0 atom stereocenters. The van der Waals surface area contributed by atoms with Crippen LogP contribution in [0.4, 0.5) is 11.4 Å². The fourth-order valence-electron chi connectivity index (χ4n) is 3.42. The number of hydrogen-bond donors (Lipinski definition) is 1. The molecule has 4 rings (SSSR count). The van der Waals surface area contributed by atoms with Gasteiger partial charge in [-0.15, -0.1) is 0 Å². The van der Waals surface area contributed by atoms with Crippen LogP contribution in [0, 0.1) is 0 Å². The highest BCUT2D eigenvalue weighted by Crippen LogP contribution is 2.22. The number of para-hydroxylation sites is 1. The normalized spacial score (nSPS) is 16.1. The molecule has 0 aliphatic carbocycles. The summed E-state index contributed by atoms with van der Waals surface area (Å²) in [6.45, 7) is 7.89. The molecule has 3 aromatic rings. The molecule has 0 saturated carbocycles. The molecule has 1 aromatic heterocycles. The van der Waals surface area contributed by atoms with Crippen molar-refractivity contribution >= 4 is 28.5 Å². The molecule has 0 unspecified atom stereocenters. The topological polar surface area (TPSA) is 34.6 Å². The van der Waals surface area contributed by atoms with Crippen LogP contribution in [0.3, 0.4) is 0 Å². The van der Waals surface area contributed by atoms with Crippen molar-refractivity contribution in [1.82, 2.24) is 9.88 Å². The highest BCUT2D eigenvalue weighted by atomic mass is 15.3. The van der Waals surface area contributed by atoms with Gasteiger partial charge in [0, 0.05) is 60.7 Å². The van der Waals surface area contributed by atoms with Crippen LogP contribution < -0.4 is 4.90 Å². The van der Waals surface area contributed by atoms with Gasteiger partial charge in [-0.25, -0.2) is 0 Å². The lowest BCUT2D eigenvalue weighted by Gasteiger charge is -2.35. The zero-order chi connectivity index (χ0) is 17.1. The minimum atomic E-state index is 0.987. The summed E-state index contributed by atoms with van der Waals surface area (Å²) in [4.78, 5) is 12.9. The van der Waals surface area contributed by atoms with Crippen LogP contribution in [0.5, 0.6) is 0 Å². The first-order valence-electron chi connectivity index (χ1n) is 9.01. The molecular formula is C21H24N4. The summed E-state index contributed by atoms with van der Waals surface area (Å²) < 4.78 is 0. The maximum absolute atomic E-state index is 4.64. The number of nitrogens with zero attached hydrogens (tertiary/aromatic N) is 3. The van der Waals surface area contributed by atoms with Crippen molar-refractivity contribution in [2.24, 2.45) is 4.99 Å². The molecule has 1 fully saturated rings. The number of rotatable bonds is 4. The molecule has 0 amide bonds. The number of benzene rings is 2. The largest absolute Gasteiger partial charge is 0.369 e. The van der Waals surface area contributed by atoms with E-state index in [0.717, 1.165) is 49.5 Å². The summed E-state index contributed by atoms with van der Waals surface area (Å²) in [6.07, 6.45) is 3.95. The number of aliphatic imine (C=N–C) groups is 1. The van der Waals surface area contributed by atoms with E-state index >= 15 is 0 Å². The van der Waals surface area contributed by atoms with Gasteiger partial charge in [-0.2, -0.15) is 0 Å². The zero-order valence-electron chi connectivity index (χ0n) is 14.7. The SMILES string of the molecule is CCN1CCN(c2ccc(N=Cc3c[nH]c4ccccc34)cc2)CC1. The van der Waals surface area contributed by atoms with Crippen molar-refractivity contribution in [2.75, 3.05) is 37.6 Å². The molecule has 0 bridgehead atoms. The second-order valence-electron chi connectivity index (χ2n) is 6.49. The quantitative estimate of drug-likeness (QED) is 0.731. The number of hydrogen-bond acceptors (Lipinski definition) is 3. The average molecular weight is 332 g/mol. The lowest BCUT2D eigenvalue weighted by Crippen LogP contribution is -2.46. The Balaban J connectivity index is 1.45. The number of likely N-dealkylation sites (N-methyl/N-ethyl adjacent to an activating group) is 1. The van der Waals surface area contributed by atoms with E-state index in [1.807, 2.05) is 18.5 Å². The van der Waals surface area contributed by atoms with Crippen molar-refractivity contribution in [3.8, 4) is 0 Å². The van der Waals surface area contributed by atoms with E-state index in [1.165, 1.54) is 11.1 Å². The first-order chi connectivity index (χ1) is 12.3. The van der Waals surface area contributed by atoms with E-state index in [2.05, 4.69) is 69.2 Å². The van der Waals surface area contributed by atoms with Crippen LogP contribution in [0.15, 0.2) is 59.7 Å². The predicted octanol–water partition coefficient (Wildman–Crippen LogP) is 4.06. The third-order valence-corrected chi connectivity index (χ3v) is 5.01. The summed E-state index contributed by atoms with van der Waals surface area (Å²) in [6, 6.07) is 16.9. The Bertz CT molecular complexity index is 855. The Labute approximate surface area is 148 Å². The fourth-order valence-corrected chi connectivity index (χ4v) is 3.42. The van der Waals surface area contributed by atoms with Gasteiger partial charge in [-0.3, -0.25) is 4.99 Å². The van der Waals surface area contributed by atoms with Gasteiger partial charge in [-0.1, -0.05) is 25.1 Å². The average Bonchev–Trinajstić information content (AvgIpc) is 3.10. The van der Waals surface area contributed by atoms with Gasteiger partial charge in [0.1, 0.15) is 0 Å². The van der Waals surface area contributed by atoms with Crippen LogP contribution in [-0.4, -0.2) is 48.8 Å². The minimum absolute atomic E-state index is 0.987. The Kier molecular flexibility index (Phi) is 4.53. The van der Waals surface area contributed by atoms with Crippen molar-refractivity contribution in [1.29, 1.82) is 0 Å². The van der Waals surface area contributed by atoms with E-state index in [-0.39, 0.29) is 0 Å². The van der Waals surface area contributed by atoms with Crippen LogP contribution in [-0.2, 0) is 0 Å². The van der Waals surface area contributed by atoms with Gasteiger partial charge in [0.25, 0.3) is 0 Å². The van der Waals surface area contributed by atoms with Crippen molar-refractivity contribution in [3.05, 3.63) is 60.3 Å². The van der Waals surface area contributed by atoms with Crippen LogP contribution in [0.25, 0.3) is 10.9 Å². The Morgan fingerprint density at radius 2 is 1.76 bits per heavy atom. The van der Waals surface area contributed by atoms with Crippen molar-refractivity contribution < 1.29 is 0 Å². The number of nitrogens with one attached hydrogen (secondary N) is 1. The molecule has 2 aromatic carbocycles. The summed E-state index contributed by atoms with van der Waals surface area (Å²) in [5.41, 5.74) is 4.55. The standard InChI is InChI=1S/C21H24N4/c1-2-24-11-13-25(14-12-24)19-9-7-18(8-10-19)22-15-17-16-23-21-6-4-3-5-20(17)21/h3-10,15-16,23H,2,11-14H2,1H3. The number of aromatic nitrogens is 1. The van der Waals surface area contributed by atoms with E-state index in [4.69, 9.17) is 0 Å². The zero-order valence-corrected chi connectivity index (χ0v) is 14.7. The first-order valence-corrected chi connectivity index (χ1v) is 9.01. The number of fused-ring (bicyclic) bond motifs is 1. The molecule has 4 nitrogen and oxygen atoms in total. The predicted molar refractivity (Wildman–Crippen MR) is 106 cm³/mol.